The summed E-state index contributed by atoms with van der Waals surface area (Å²) in [6.07, 6.45) is -1.25. The molecule has 1 saturated carbocycles. The lowest BCUT2D eigenvalue weighted by Gasteiger charge is -2.44. The Bertz CT molecular complexity index is 1200. The van der Waals surface area contributed by atoms with Crippen molar-refractivity contribution in [3.05, 3.63) is 22.8 Å². The predicted octanol–water partition coefficient (Wildman–Crippen LogP) is 4.17. The Morgan fingerprint density at radius 2 is 1.64 bits per heavy atom. The van der Waals surface area contributed by atoms with Gasteiger partial charge in [0.25, 0.3) is 0 Å². The van der Waals surface area contributed by atoms with Crippen molar-refractivity contribution in [1.82, 2.24) is 0 Å². The molecule has 4 aliphatic rings. The SMILES string of the molecule is C/C=C(/C)C(=O)O[C@H]1C(C)=C2[C@H]([C@@H]1OC(=O)CCCCC)[C@@](C)(O)C[C@H](OC(=O)CCC)[C@@]1(O)[C@H]2O[C@H]2OC(C)(C)O[C@]21C. The Balaban J connectivity index is 1.87. The van der Waals surface area contributed by atoms with Crippen LogP contribution in [-0.2, 0) is 42.8 Å². The summed E-state index contributed by atoms with van der Waals surface area (Å²) in [7, 11) is 0. The average Bonchev–Trinajstić information content (AvgIpc) is 3.40. The lowest BCUT2D eigenvalue weighted by Crippen LogP contribution is -2.65. The molecule has 9 atom stereocenters. The Kier molecular flexibility index (Phi) is 9.80. The van der Waals surface area contributed by atoms with Gasteiger partial charge in [0.2, 0.25) is 0 Å². The summed E-state index contributed by atoms with van der Waals surface area (Å²) >= 11 is 0. The monoisotopic (exact) mass is 622 g/mol. The summed E-state index contributed by atoms with van der Waals surface area (Å²) in [5.41, 5.74) is -4.07. The highest BCUT2D eigenvalue weighted by Crippen LogP contribution is 2.61. The van der Waals surface area contributed by atoms with E-state index in [0.29, 0.717) is 29.6 Å². The number of unbranched alkanes of at least 4 members (excludes halogenated alkanes) is 2. The molecule has 2 aliphatic carbocycles. The molecule has 11 heteroatoms. The fourth-order valence-electron chi connectivity index (χ4n) is 7.29. The number of fused-ring (bicyclic) bond motifs is 5. The van der Waals surface area contributed by atoms with Crippen LogP contribution in [0.15, 0.2) is 22.8 Å². The molecular weight excluding hydrogens is 572 g/mol. The first-order valence-corrected chi connectivity index (χ1v) is 15.9. The summed E-state index contributed by atoms with van der Waals surface area (Å²) in [6.45, 7) is 15.5. The van der Waals surface area contributed by atoms with E-state index in [9.17, 15) is 24.6 Å². The van der Waals surface area contributed by atoms with Gasteiger partial charge < -0.3 is 38.6 Å². The van der Waals surface area contributed by atoms with Crippen molar-refractivity contribution in [1.29, 1.82) is 0 Å². The van der Waals surface area contributed by atoms with Crippen molar-refractivity contribution >= 4 is 17.9 Å². The van der Waals surface area contributed by atoms with Crippen LogP contribution in [0.3, 0.4) is 0 Å². The Morgan fingerprint density at radius 3 is 2.25 bits per heavy atom. The number of allylic oxidation sites excluding steroid dienone is 1. The van der Waals surface area contributed by atoms with Gasteiger partial charge in [-0.15, -0.1) is 0 Å². The molecule has 44 heavy (non-hydrogen) atoms. The number of hydrogen-bond donors (Lipinski definition) is 2. The maximum Gasteiger partial charge on any atom is 0.334 e. The number of rotatable bonds is 10. The van der Waals surface area contributed by atoms with E-state index in [0.717, 1.165) is 12.8 Å². The van der Waals surface area contributed by atoms with Crippen molar-refractivity contribution in [2.75, 3.05) is 0 Å². The normalized spacial score (nSPS) is 39.3. The third-order valence-electron chi connectivity index (χ3n) is 9.61. The third kappa shape index (κ3) is 5.86. The molecule has 4 rings (SSSR count). The van der Waals surface area contributed by atoms with Gasteiger partial charge in [0.1, 0.15) is 12.2 Å². The molecule has 0 aromatic carbocycles. The summed E-state index contributed by atoms with van der Waals surface area (Å²) in [6, 6.07) is 0. The zero-order valence-corrected chi connectivity index (χ0v) is 27.6. The van der Waals surface area contributed by atoms with E-state index in [1.165, 1.54) is 0 Å². The molecule has 2 N–H and O–H groups in total. The predicted molar refractivity (Wildman–Crippen MR) is 158 cm³/mol. The summed E-state index contributed by atoms with van der Waals surface area (Å²) in [5.74, 6) is -3.76. The van der Waals surface area contributed by atoms with Gasteiger partial charge >= 0.3 is 17.9 Å². The number of carbonyl (C=O) groups excluding carboxylic acids is 3. The van der Waals surface area contributed by atoms with Crippen molar-refractivity contribution in [2.24, 2.45) is 5.92 Å². The number of aliphatic hydroxyl groups is 2. The van der Waals surface area contributed by atoms with Crippen LogP contribution in [-0.4, -0.2) is 81.4 Å². The lowest BCUT2D eigenvalue weighted by molar-refractivity contribution is -0.256. The molecule has 3 fully saturated rings. The van der Waals surface area contributed by atoms with Gasteiger partial charge in [0.15, 0.2) is 35.5 Å². The van der Waals surface area contributed by atoms with Crippen LogP contribution < -0.4 is 0 Å². The van der Waals surface area contributed by atoms with E-state index in [2.05, 4.69) is 0 Å². The molecule has 11 nitrogen and oxygen atoms in total. The summed E-state index contributed by atoms with van der Waals surface area (Å²) in [5, 5.41) is 25.1. The first-order valence-electron chi connectivity index (χ1n) is 15.9. The summed E-state index contributed by atoms with van der Waals surface area (Å²) in [4.78, 5) is 39.2. The third-order valence-corrected chi connectivity index (χ3v) is 9.61. The second-order valence-electron chi connectivity index (χ2n) is 13.5. The number of esters is 3. The fraction of sp³-hybridized carbons (Fsp3) is 0.788. The highest BCUT2D eigenvalue weighted by atomic mass is 16.8. The zero-order chi connectivity index (χ0) is 32.8. The minimum Gasteiger partial charge on any atom is -0.459 e. The lowest BCUT2D eigenvalue weighted by atomic mass is 9.75. The number of carbonyl (C=O) groups is 3. The Labute approximate surface area is 260 Å². The second-order valence-corrected chi connectivity index (χ2v) is 13.5. The van der Waals surface area contributed by atoms with E-state index in [1.807, 2.05) is 13.8 Å². The van der Waals surface area contributed by atoms with E-state index in [-0.39, 0.29) is 19.3 Å². The molecule has 0 amide bonds. The van der Waals surface area contributed by atoms with Crippen LogP contribution in [0.25, 0.3) is 0 Å². The van der Waals surface area contributed by atoms with Crippen molar-refractivity contribution in [3.63, 3.8) is 0 Å². The number of hydrogen-bond acceptors (Lipinski definition) is 11. The minimum atomic E-state index is -2.04. The van der Waals surface area contributed by atoms with Gasteiger partial charge in [-0.3, -0.25) is 9.59 Å². The minimum absolute atomic E-state index is 0.106. The molecule has 0 spiro atoms. The molecule has 2 aliphatic heterocycles. The molecule has 248 valence electrons. The maximum atomic E-state index is 13.2. The van der Waals surface area contributed by atoms with Crippen LogP contribution in [0.2, 0.25) is 0 Å². The van der Waals surface area contributed by atoms with E-state index in [4.69, 9.17) is 28.4 Å². The largest absolute Gasteiger partial charge is 0.459 e. The number of ether oxygens (including phenoxy) is 6. The smallest absolute Gasteiger partial charge is 0.334 e. The van der Waals surface area contributed by atoms with Gasteiger partial charge in [0, 0.05) is 24.8 Å². The topological polar surface area (TPSA) is 147 Å². The zero-order valence-electron chi connectivity index (χ0n) is 27.6. The van der Waals surface area contributed by atoms with E-state index >= 15 is 0 Å². The highest BCUT2D eigenvalue weighted by Gasteiger charge is 2.78. The van der Waals surface area contributed by atoms with Crippen LogP contribution in [0, 0.1) is 5.92 Å². The quantitative estimate of drug-likeness (QED) is 0.119. The molecule has 2 heterocycles. The van der Waals surface area contributed by atoms with Crippen LogP contribution >= 0.6 is 0 Å². The summed E-state index contributed by atoms with van der Waals surface area (Å²) < 4.78 is 36.8. The standard InChI is InChI=1S/C33H50O11/c1-10-13-14-16-22(35)40-26-24-23(19(5)25(26)41-28(36)18(4)12-3)27-33(38,32(9)29(42-27)43-30(6,7)44-32)20(17-31(24,8)37)39-21(34)15-11-2/h12,20,24-27,29,37-38H,10-11,13-17H2,1-9H3/b18-12-/t20-,24+,25-,26-,27-,29-,31-,32+,33+/m0/s1. The van der Waals surface area contributed by atoms with Crippen molar-refractivity contribution in [2.45, 2.75) is 161 Å². The first-order chi connectivity index (χ1) is 20.5. The van der Waals surface area contributed by atoms with Crippen LogP contribution in [0.5, 0.6) is 0 Å². The molecule has 0 bridgehead atoms. The molecular formula is C33H50O11. The Hall–Kier alpha value is -2.31. The first kappa shape index (κ1) is 34.6. The average molecular weight is 623 g/mol. The van der Waals surface area contributed by atoms with Gasteiger partial charge in [0.05, 0.1) is 11.5 Å². The molecule has 0 unspecified atom stereocenters. The second kappa shape index (κ2) is 12.5. The van der Waals surface area contributed by atoms with Crippen molar-refractivity contribution in [3.8, 4) is 0 Å². The van der Waals surface area contributed by atoms with E-state index < -0.39 is 77.1 Å². The molecule has 2 saturated heterocycles. The fourth-order valence-corrected chi connectivity index (χ4v) is 7.29. The van der Waals surface area contributed by atoms with Gasteiger partial charge in [-0.2, -0.15) is 0 Å². The van der Waals surface area contributed by atoms with Crippen LogP contribution in [0.4, 0.5) is 0 Å². The molecule has 0 aromatic rings. The van der Waals surface area contributed by atoms with Crippen molar-refractivity contribution < 1.29 is 53.0 Å². The van der Waals surface area contributed by atoms with E-state index in [1.54, 1.807) is 54.5 Å². The molecule has 0 radical (unpaired) electrons. The Morgan fingerprint density at radius 1 is 0.977 bits per heavy atom. The van der Waals surface area contributed by atoms with Gasteiger partial charge in [-0.1, -0.05) is 32.8 Å². The van der Waals surface area contributed by atoms with Gasteiger partial charge in [-0.25, -0.2) is 4.79 Å². The van der Waals surface area contributed by atoms with Crippen LogP contribution in [0.1, 0.15) is 107 Å². The molecule has 0 aromatic heterocycles. The van der Waals surface area contributed by atoms with Gasteiger partial charge in [-0.05, 0) is 72.5 Å². The maximum absolute atomic E-state index is 13.2. The highest BCUT2D eigenvalue weighted by molar-refractivity contribution is 5.88.